The molecule has 2 fully saturated rings. The first-order valence-electron chi connectivity index (χ1n) is 8.17. The Kier molecular flexibility index (Phi) is 4.88. The summed E-state index contributed by atoms with van der Waals surface area (Å²) in [6.07, 6.45) is -0.854. The van der Waals surface area contributed by atoms with Gasteiger partial charge < -0.3 is 9.47 Å². The average molecular weight is 443 g/mol. The van der Waals surface area contributed by atoms with Crippen molar-refractivity contribution in [2.45, 2.75) is 38.5 Å². The number of alkyl halides is 1. The van der Waals surface area contributed by atoms with Crippen LogP contribution >= 0.6 is 22.6 Å². The number of rotatable bonds is 4. The van der Waals surface area contributed by atoms with Gasteiger partial charge in [0.25, 0.3) is 0 Å². The van der Waals surface area contributed by atoms with Crippen LogP contribution < -0.4 is 0 Å². The Morgan fingerprint density at radius 2 is 2.04 bits per heavy atom. The van der Waals surface area contributed by atoms with Gasteiger partial charge in [-0.1, -0.05) is 66.8 Å². The summed E-state index contributed by atoms with van der Waals surface area (Å²) in [4.78, 5) is 26.7. The predicted octanol–water partition coefficient (Wildman–Crippen LogP) is 3.57. The zero-order valence-electron chi connectivity index (χ0n) is 14.1. The maximum Gasteiger partial charge on any atom is 0.416 e. The summed E-state index contributed by atoms with van der Waals surface area (Å²) >= 11 is 2.23. The van der Waals surface area contributed by atoms with Crippen LogP contribution in [0.15, 0.2) is 30.3 Å². The number of carbonyl (C=O) groups excluding carboxylic acids is 2. The number of hydrogen-bond acceptors (Lipinski definition) is 4. The first kappa shape index (κ1) is 17.7. The normalized spacial score (nSPS) is 32.6. The second-order valence-electron chi connectivity index (χ2n) is 6.97. The van der Waals surface area contributed by atoms with Gasteiger partial charge in [-0.2, -0.15) is 0 Å². The predicted molar refractivity (Wildman–Crippen MR) is 97.9 cm³/mol. The zero-order valence-corrected chi connectivity index (χ0v) is 16.2. The fraction of sp³-hybridized carbons (Fsp3) is 0.556. The van der Waals surface area contributed by atoms with Crippen molar-refractivity contribution in [3.63, 3.8) is 0 Å². The molecule has 6 heteroatoms. The van der Waals surface area contributed by atoms with Gasteiger partial charge in [0.15, 0.2) is 0 Å². The van der Waals surface area contributed by atoms with E-state index in [0.29, 0.717) is 4.43 Å². The summed E-state index contributed by atoms with van der Waals surface area (Å²) in [7, 11) is 0. The molecule has 0 bridgehead atoms. The van der Waals surface area contributed by atoms with Crippen molar-refractivity contribution in [2.75, 3.05) is 11.0 Å². The minimum absolute atomic E-state index is 0.155. The molecule has 0 spiro atoms. The van der Waals surface area contributed by atoms with Crippen LogP contribution in [0.4, 0.5) is 4.79 Å². The highest BCUT2D eigenvalue weighted by Gasteiger charge is 2.59. The molecule has 4 atom stereocenters. The lowest BCUT2D eigenvalue weighted by atomic mass is 9.75. The molecule has 2 saturated heterocycles. The minimum atomic E-state index is -0.567. The standard InChI is InChI=1S/C18H22INO4/c1-11(2)13-9-23-17(22)20(13)16(21)14-15(24-18(14,3)10-19)12-7-5-4-6-8-12/h4-8,11,13-15H,9-10H2,1-3H3/t13-,14+,15-,18-/m1/s1. The van der Waals surface area contributed by atoms with E-state index in [4.69, 9.17) is 9.47 Å². The van der Waals surface area contributed by atoms with Crippen LogP contribution in [0.3, 0.4) is 0 Å². The molecule has 3 rings (SSSR count). The Morgan fingerprint density at radius 1 is 1.38 bits per heavy atom. The minimum Gasteiger partial charge on any atom is -0.447 e. The number of imide groups is 1. The van der Waals surface area contributed by atoms with Crippen molar-refractivity contribution in [3.8, 4) is 0 Å². The number of amides is 2. The number of carbonyl (C=O) groups is 2. The maximum atomic E-state index is 13.3. The summed E-state index contributed by atoms with van der Waals surface area (Å²) in [6, 6.07) is 9.51. The van der Waals surface area contributed by atoms with E-state index in [1.165, 1.54) is 4.90 Å². The van der Waals surface area contributed by atoms with Crippen LogP contribution in [0.1, 0.15) is 32.4 Å². The summed E-state index contributed by atoms with van der Waals surface area (Å²) in [5, 5.41) is 0. The third-order valence-corrected chi connectivity index (χ3v) is 6.44. The number of cyclic esters (lactones) is 1. The summed E-state index contributed by atoms with van der Waals surface area (Å²) < 4.78 is 11.9. The van der Waals surface area contributed by atoms with Crippen LogP contribution in [-0.2, 0) is 14.3 Å². The van der Waals surface area contributed by atoms with Gasteiger partial charge in [0, 0.05) is 4.43 Å². The number of benzene rings is 1. The lowest BCUT2D eigenvalue weighted by Gasteiger charge is -2.52. The van der Waals surface area contributed by atoms with Crippen LogP contribution in [0, 0.1) is 11.8 Å². The van der Waals surface area contributed by atoms with Crippen LogP contribution in [-0.4, -0.2) is 39.6 Å². The molecule has 2 amide bonds. The third kappa shape index (κ3) is 2.83. The molecule has 1 aromatic rings. The van der Waals surface area contributed by atoms with Crippen LogP contribution in [0.2, 0.25) is 0 Å². The largest absolute Gasteiger partial charge is 0.447 e. The molecule has 0 N–H and O–H groups in total. The van der Waals surface area contributed by atoms with E-state index >= 15 is 0 Å². The maximum absolute atomic E-state index is 13.3. The summed E-state index contributed by atoms with van der Waals surface area (Å²) in [5.41, 5.74) is 0.398. The molecule has 2 heterocycles. The van der Waals surface area contributed by atoms with Gasteiger partial charge in [0.05, 0.1) is 23.7 Å². The van der Waals surface area contributed by atoms with E-state index in [1.54, 1.807) is 0 Å². The topological polar surface area (TPSA) is 55.8 Å². The average Bonchev–Trinajstić information content (AvgIpc) is 2.95. The second-order valence-corrected chi connectivity index (χ2v) is 7.73. The van der Waals surface area contributed by atoms with Gasteiger partial charge >= 0.3 is 6.09 Å². The Hall–Kier alpha value is -1.15. The molecule has 24 heavy (non-hydrogen) atoms. The quantitative estimate of drug-likeness (QED) is 0.528. The molecule has 2 aliphatic rings. The fourth-order valence-electron chi connectivity index (χ4n) is 3.42. The van der Waals surface area contributed by atoms with E-state index in [2.05, 4.69) is 22.6 Å². The first-order chi connectivity index (χ1) is 11.4. The molecule has 5 nitrogen and oxygen atoms in total. The molecule has 2 aliphatic heterocycles. The van der Waals surface area contributed by atoms with E-state index in [0.717, 1.165) is 5.56 Å². The molecule has 0 aliphatic carbocycles. The smallest absolute Gasteiger partial charge is 0.416 e. The summed E-state index contributed by atoms with van der Waals surface area (Å²) in [6.45, 7) is 6.20. The molecule has 0 saturated carbocycles. The molecular weight excluding hydrogens is 421 g/mol. The van der Waals surface area contributed by atoms with Gasteiger partial charge in [-0.15, -0.1) is 0 Å². The first-order valence-corrected chi connectivity index (χ1v) is 9.70. The van der Waals surface area contributed by atoms with Crippen molar-refractivity contribution in [1.82, 2.24) is 4.90 Å². The van der Waals surface area contributed by atoms with Crippen molar-refractivity contribution in [2.24, 2.45) is 11.8 Å². The molecule has 0 radical (unpaired) electrons. The molecule has 0 aromatic heterocycles. The van der Waals surface area contributed by atoms with Gasteiger partial charge in [-0.05, 0) is 18.4 Å². The van der Waals surface area contributed by atoms with E-state index in [-0.39, 0.29) is 36.5 Å². The Bertz CT molecular complexity index is 635. The number of halogens is 1. The van der Waals surface area contributed by atoms with Crippen molar-refractivity contribution < 1.29 is 19.1 Å². The number of ether oxygens (including phenoxy) is 2. The Labute approximate surface area is 155 Å². The van der Waals surface area contributed by atoms with E-state index in [9.17, 15) is 9.59 Å². The number of hydrogen-bond donors (Lipinski definition) is 0. The zero-order chi connectivity index (χ0) is 17.5. The highest BCUT2D eigenvalue weighted by atomic mass is 127. The summed E-state index contributed by atoms with van der Waals surface area (Å²) in [5.74, 6) is -0.415. The Balaban J connectivity index is 1.91. The lowest BCUT2D eigenvalue weighted by molar-refractivity contribution is -0.240. The number of nitrogens with zero attached hydrogens (tertiary/aromatic N) is 1. The van der Waals surface area contributed by atoms with Crippen molar-refractivity contribution in [3.05, 3.63) is 35.9 Å². The van der Waals surface area contributed by atoms with Gasteiger partial charge in [-0.25, -0.2) is 9.69 Å². The fourth-order valence-corrected chi connectivity index (χ4v) is 4.07. The van der Waals surface area contributed by atoms with Gasteiger partial charge in [0.1, 0.15) is 6.61 Å². The van der Waals surface area contributed by atoms with E-state index in [1.807, 2.05) is 51.1 Å². The molecule has 1 aromatic carbocycles. The molecule has 130 valence electrons. The molecular formula is C18H22INO4. The lowest BCUT2D eigenvalue weighted by Crippen LogP contribution is -2.62. The van der Waals surface area contributed by atoms with Crippen molar-refractivity contribution >= 4 is 34.6 Å². The van der Waals surface area contributed by atoms with Crippen LogP contribution in [0.5, 0.6) is 0 Å². The van der Waals surface area contributed by atoms with Gasteiger partial charge in [-0.3, -0.25) is 4.79 Å². The second kappa shape index (κ2) is 6.63. The van der Waals surface area contributed by atoms with E-state index < -0.39 is 11.7 Å². The highest BCUT2D eigenvalue weighted by molar-refractivity contribution is 14.1. The SMILES string of the molecule is CC(C)[C@H]1COC(=O)N1C(=O)[C@@H]1[C@@H](c2ccccc2)O[C@]1(C)CI. The van der Waals surface area contributed by atoms with Crippen LogP contribution in [0.25, 0.3) is 0 Å². The Morgan fingerprint density at radius 3 is 2.62 bits per heavy atom. The monoisotopic (exact) mass is 443 g/mol. The van der Waals surface area contributed by atoms with Crippen molar-refractivity contribution in [1.29, 1.82) is 0 Å². The highest BCUT2D eigenvalue weighted by Crippen LogP contribution is 2.51. The third-order valence-electron chi connectivity index (χ3n) is 4.93. The van der Waals surface area contributed by atoms with Gasteiger partial charge in [0.2, 0.25) is 5.91 Å². The molecule has 0 unspecified atom stereocenters.